The van der Waals surface area contributed by atoms with Crippen molar-refractivity contribution in [1.29, 1.82) is 0 Å². The Labute approximate surface area is 104 Å². The van der Waals surface area contributed by atoms with Gasteiger partial charge in [-0.2, -0.15) is 11.8 Å². The Morgan fingerprint density at radius 1 is 1.71 bits per heavy atom. The summed E-state index contributed by atoms with van der Waals surface area (Å²) in [5.74, 6) is 2.57. The topological polar surface area (TPSA) is 88.2 Å². The second-order valence-corrected chi connectivity index (χ2v) is 5.22. The van der Waals surface area contributed by atoms with Crippen LogP contribution in [0.1, 0.15) is 16.8 Å². The smallest absolute Gasteiger partial charge is 0.337 e. The fourth-order valence-electron chi connectivity index (χ4n) is 1.74. The van der Waals surface area contributed by atoms with Crippen LogP contribution < -0.4 is 11.1 Å². The molecule has 0 saturated carbocycles. The number of rotatable bonds is 4. The average Bonchev–Trinajstić information content (AvgIpc) is 2.80. The highest BCUT2D eigenvalue weighted by molar-refractivity contribution is 7.99. The number of hydrogen-bond donors (Lipinski definition) is 3. The summed E-state index contributed by atoms with van der Waals surface area (Å²) >= 11 is 1.95. The van der Waals surface area contributed by atoms with Crippen molar-refractivity contribution >= 4 is 29.2 Å². The van der Waals surface area contributed by atoms with Crippen LogP contribution in [0.3, 0.4) is 0 Å². The molecule has 1 fully saturated rings. The number of carboxylic acid groups (broad SMARTS) is 1. The number of aromatic nitrogens is 1. The van der Waals surface area contributed by atoms with Crippen LogP contribution in [0.15, 0.2) is 12.3 Å². The number of pyridine rings is 1. The Morgan fingerprint density at radius 2 is 2.53 bits per heavy atom. The van der Waals surface area contributed by atoms with Crippen LogP contribution >= 0.6 is 11.8 Å². The third-order valence-corrected chi connectivity index (χ3v) is 3.99. The van der Waals surface area contributed by atoms with Gasteiger partial charge in [-0.15, -0.1) is 0 Å². The Kier molecular flexibility index (Phi) is 3.73. The van der Waals surface area contributed by atoms with Gasteiger partial charge in [-0.25, -0.2) is 9.78 Å². The lowest BCUT2D eigenvalue weighted by Crippen LogP contribution is -2.15. The van der Waals surface area contributed by atoms with Gasteiger partial charge in [-0.1, -0.05) is 0 Å². The van der Waals surface area contributed by atoms with Crippen molar-refractivity contribution in [1.82, 2.24) is 4.98 Å². The Hall–Kier alpha value is -1.43. The van der Waals surface area contributed by atoms with Crippen molar-refractivity contribution in [3.8, 4) is 0 Å². The summed E-state index contributed by atoms with van der Waals surface area (Å²) in [6, 6.07) is 1.49. The standard InChI is InChI=1S/C11H15N3O2S/c12-9-5-14-10(3-8(9)11(15)16)13-4-7-1-2-17-6-7/h3,5,7H,1-2,4,6,12H2,(H,13,14)(H,15,16). The maximum absolute atomic E-state index is 10.9. The molecule has 1 atom stereocenters. The Balaban J connectivity index is 2.00. The first kappa shape index (κ1) is 12.0. The molecular weight excluding hydrogens is 238 g/mol. The summed E-state index contributed by atoms with van der Waals surface area (Å²) in [7, 11) is 0. The summed E-state index contributed by atoms with van der Waals surface area (Å²) in [6.07, 6.45) is 2.59. The van der Waals surface area contributed by atoms with Gasteiger partial charge in [0, 0.05) is 6.54 Å². The van der Waals surface area contributed by atoms with E-state index in [-0.39, 0.29) is 11.3 Å². The van der Waals surface area contributed by atoms with Gasteiger partial charge in [0.05, 0.1) is 17.4 Å². The molecule has 4 N–H and O–H groups in total. The number of carbonyl (C=O) groups is 1. The van der Waals surface area contributed by atoms with Crippen LogP contribution in [0, 0.1) is 5.92 Å². The lowest BCUT2D eigenvalue weighted by Gasteiger charge is -2.11. The van der Waals surface area contributed by atoms with Crippen LogP contribution in [0.4, 0.5) is 11.5 Å². The third kappa shape index (κ3) is 3.03. The molecule has 0 spiro atoms. The molecule has 0 amide bonds. The van der Waals surface area contributed by atoms with Crippen LogP contribution in [0.2, 0.25) is 0 Å². The molecule has 2 rings (SSSR count). The molecule has 17 heavy (non-hydrogen) atoms. The molecule has 0 bridgehead atoms. The molecule has 1 aliphatic heterocycles. The van der Waals surface area contributed by atoms with Crippen LogP contribution in [-0.4, -0.2) is 34.1 Å². The number of nitrogens with two attached hydrogens (primary N) is 1. The highest BCUT2D eigenvalue weighted by Crippen LogP contribution is 2.23. The molecule has 0 aliphatic carbocycles. The van der Waals surface area contributed by atoms with Gasteiger partial charge in [0.2, 0.25) is 0 Å². The van der Waals surface area contributed by atoms with Crippen LogP contribution in [0.5, 0.6) is 0 Å². The highest BCUT2D eigenvalue weighted by Gasteiger charge is 2.16. The van der Waals surface area contributed by atoms with Crippen molar-refractivity contribution in [2.24, 2.45) is 5.92 Å². The number of carboxylic acids is 1. The minimum Gasteiger partial charge on any atom is -0.478 e. The number of aromatic carboxylic acids is 1. The zero-order valence-electron chi connectivity index (χ0n) is 9.35. The molecule has 1 aromatic heterocycles. The van der Waals surface area contributed by atoms with Gasteiger partial charge in [0.25, 0.3) is 0 Å². The SMILES string of the molecule is Nc1cnc(NCC2CCSC2)cc1C(=O)O. The fraction of sp³-hybridized carbons (Fsp3) is 0.455. The average molecular weight is 253 g/mol. The number of hydrogen-bond acceptors (Lipinski definition) is 5. The summed E-state index contributed by atoms with van der Waals surface area (Å²) in [5, 5.41) is 12.1. The van der Waals surface area contributed by atoms with Crippen molar-refractivity contribution in [3.63, 3.8) is 0 Å². The van der Waals surface area contributed by atoms with Crippen molar-refractivity contribution in [3.05, 3.63) is 17.8 Å². The first-order valence-electron chi connectivity index (χ1n) is 5.47. The minimum atomic E-state index is -1.02. The van der Waals surface area contributed by atoms with E-state index in [4.69, 9.17) is 10.8 Å². The predicted octanol–water partition coefficient (Wildman–Crippen LogP) is 1.53. The maximum Gasteiger partial charge on any atom is 0.337 e. The first-order valence-corrected chi connectivity index (χ1v) is 6.62. The summed E-state index contributed by atoms with van der Waals surface area (Å²) in [6.45, 7) is 0.836. The number of nitrogens with zero attached hydrogens (tertiary/aromatic N) is 1. The fourth-order valence-corrected chi connectivity index (χ4v) is 3.03. The predicted molar refractivity (Wildman–Crippen MR) is 69.5 cm³/mol. The quantitative estimate of drug-likeness (QED) is 0.754. The van der Waals surface area contributed by atoms with Gasteiger partial charge in [0.15, 0.2) is 0 Å². The van der Waals surface area contributed by atoms with Crippen molar-refractivity contribution in [2.75, 3.05) is 29.1 Å². The van der Waals surface area contributed by atoms with Crippen molar-refractivity contribution in [2.45, 2.75) is 6.42 Å². The highest BCUT2D eigenvalue weighted by atomic mass is 32.2. The number of thioether (sulfide) groups is 1. The van der Waals surface area contributed by atoms with E-state index in [1.165, 1.54) is 24.4 Å². The summed E-state index contributed by atoms with van der Waals surface area (Å²) < 4.78 is 0. The monoisotopic (exact) mass is 253 g/mol. The molecule has 1 saturated heterocycles. The molecule has 0 aromatic carbocycles. The van der Waals surface area contributed by atoms with E-state index in [0.717, 1.165) is 12.3 Å². The van der Waals surface area contributed by atoms with Crippen LogP contribution in [0.25, 0.3) is 0 Å². The van der Waals surface area contributed by atoms with Crippen LogP contribution in [-0.2, 0) is 0 Å². The second kappa shape index (κ2) is 5.27. The third-order valence-electron chi connectivity index (χ3n) is 2.76. The Morgan fingerprint density at radius 3 is 3.18 bits per heavy atom. The molecule has 1 unspecified atom stereocenters. The van der Waals surface area contributed by atoms with E-state index in [0.29, 0.717) is 11.7 Å². The zero-order valence-corrected chi connectivity index (χ0v) is 10.2. The lowest BCUT2D eigenvalue weighted by atomic mass is 10.1. The number of nitrogen functional groups attached to an aromatic ring is 1. The van der Waals surface area contributed by atoms with E-state index in [1.807, 2.05) is 11.8 Å². The van der Waals surface area contributed by atoms with E-state index in [1.54, 1.807) is 0 Å². The lowest BCUT2D eigenvalue weighted by molar-refractivity contribution is 0.0698. The molecule has 92 valence electrons. The van der Waals surface area contributed by atoms with E-state index in [9.17, 15) is 4.79 Å². The van der Waals surface area contributed by atoms with E-state index < -0.39 is 5.97 Å². The second-order valence-electron chi connectivity index (χ2n) is 4.07. The normalized spacial score (nSPS) is 19.2. The number of nitrogens with one attached hydrogen (secondary N) is 1. The van der Waals surface area contributed by atoms with E-state index in [2.05, 4.69) is 10.3 Å². The van der Waals surface area contributed by atoms with Gasteiger partial charge < -0.3 is 16.2 Å². The van der Waals surface area contributed by atoms with E-state index >= 15 is 0 Å². The zero-order chi connectivity index (χ0) is 12.3. The summed E-state index contributed by atoms with van der Waals surface area (Å²) in [4.78, 5) is 15.0. The van der Waals surface area contributed by atoms with Gasteiger partial charge in [-0.3, -0.25) is 0 Å². The molecule has 0 radical (unpaired) electrons. The minimum absolute atomic E-state index is 0.100. The summed E-state index contributed by atoms with van der Waals surface area (Å²) in [5.41, 5.74) is 5.83. The largest absolute Gasteiger partial charge is 0.478 e. The number of anilines is 2. The molecule has 2 heterocycles. The molecule has 6 heteroatoms. The molecule has 1 aromatic rings. The van der Waals surface area contributed by atoms with Gasteiger partial charge in [0.1, 0.15) is 5.82 Å². The Bertz CT molecular complexity index is 419. The molecule has 1 aliphatic rings. The van der Waals surface area contributed by atoms with Gasteiger partial charge in [-0.05, 0) is 29.9 Å². The molecular formula is C11H15N3O2S. The first-order chi connectivity index (χ1) is 8.16. The molecule has 5 nitrogen and oxygen atoms in total. The maximum atomic E-state index is 10.9. The van der Waals surface area contributed by atoms with Crippen molar-refractivity contribution < 1.29 is 9.90 Å². The van der Waals surface area contributed by atoms with Gasteiger partial charge >= 0.3 is 5.97 Å².